The molecule has 0 radical (unpaired) electrons. The van der Waals surface area contributed by atoms with Gasteiger partial charge in [-0.15, -0.1) is 0 Å². The Hall–Kier alpha value is -3.27. The first-order valence-electron chi connectivity index (χ1n) is 10.9. The van der Waals surface area contributed by atoms with E-state index in [4.69, 9.17) is 10.5 Å². The molecule has 4 rings (SSSR count). The second-order valence-electron chi connectivity index (χ2n) is 9.25. The number of fused-ring (bicyclic) bond motifs is 1. The van der Waals surface area contributed by atoms with E-state index in [1.54, 1.807) is 57.4 Å². The topological polar surface area (TPSA) is 130 Å². The van der Waals surface area contributed by atoms with Gasteiger partial charge in [0.1, 0.15) is 11.2 Å². The molecule has 1 aromatic carbocycles. The summed E-state index contributed by atoms with van der Waals surface area (Å²) in [6, 6.07) is 9.22. The number of alkyl carbamates (subject to hydrolysis) is 1. The Kier molecular flexibility index (Phi) is 5.96. The summed E-state index contributed by atoms with van der Waals surface area (Å²) in [5, 5.41) is 3.59. The fourth-order valence-corrected chi connectivity index (χ4v) is 5.99. The van der Waals surface area contributed by atoms with Crippen LogP contribution in [0.3, 0.4) is 0 Å². The Balaban J connectivity index is 1.69. The van der Waals surface area contributed by atoms with E-state index < -0.39 is 21.7 Å². The summed E-state index contributed by atoms with van der Waals surface area (Å²) < 4.78 is 34.6. The molecule has 0 saturated heterocycles. The molecule has 1 amide bonds. The summed E-state index contributed by atoms with van der Waals surface area (Å²) in [6.45, 7) is 5.40. The van der Waals surface area contributed by atoms with Crippen molar-refractivity contribution >= 4 is 38.5 Å². The number of amides is 1. The normalized spacial score (nSPS) is 18.9. The van der Waals surface area contributed by atoms with Crippen LogP contribution in [0.5, 0.6) is 0 Å². The zero-order chi connectivity index (χ0) is 23.8. The van der Waals surface area contributed by atoms with Crippen LogP contribution in [-0.2, 0) is 14.8 Å². The van der Waals surface area contributed by atoms with E-state index in [1.807, 2.05) is 6.07 Å². The van der Waals surface area contributed by atoms with Crippen LogP contribution >= 0.6 is 0 Å². The van der Waals surface area contributed by atoms with Crippen LogP contribution in [0.25, 0.3) is 11.0 Å². The first-order chi connectivity index (χ1) is 15.5. The van der Waals surface area contributed by atoms with Gasteiger partial charge >= 0.3 is 6.09 Å². The second-order valence-corrected chi connectivity index (χ2v) is 11.1. The van der Waals surface area contributed by atoms with Gasteiger partial charge in [0.05, 0.1) is 10.6 Å². The average Bonchev–Trinajstić information content (AvgIpc) is 3.36. The van der Waals surface area contributed by atoms with E-state index in [9.17, 15) is 13.2 Å². The maximum atomic E-state index is 13.9. The molecule has 4 N–H and O–H groups in total. The zero-order valence-electron chi connectivity index (χ0n) is 18.9. The molecule has 3 aromatic rings. The summed E-state index contributed by atoms with van der Waals surface area (Å²) in [7, 11) is -3.94. The number of nitrogen functional groups attached to an aromatic ring is 1. The molecule has 0 spiro atoms. The number of hydrogen-bond acceptors (Lipinski definition) is 6. The van der Waals surface area contributed by atoms with Crippen molar-refractivity contribution in [2.24, 2.45) is 0 Å². The van der Waals surface area contributed by atoms with Crippen LogP contribution in [0.4, 0.5) is 16.2 Å². The molecule has 2 atom stereocenters. The minimum Gasteiger partial charge on any atom is -0.444 e. The molecule has 9 nitrogen and oxygen atoms in total. The zero-order valence-corrected chi connectivity index (χ0v) is 19.7. The van der Waals surface area contributed by atoms with Crippen molar-refractivity contribution in [1.82, 2.24) is 15.3 Å². The quantitative estimate of drug-likeness (QED) is 0.485. The van der Waals surface area contributed by atoms with Crippen molar-refractivity contribution in [3.8, 4) is 0 Å². The third kappa shape index (κ3) is 4.90. The van der Waals surface area contributed by atoms with Gasteiger partial charge in [-0.05, 0) is 70.4 Å². The molecule has 2 aromatic heterocycles. The third-order valence-corrected chi connectivity index (χ3v) is 7.41. The molecule has 1 saturated carbocycles. The fraction of sp³-hybridized carbons (Fsp3) is 0.391. The Morgan fingerprint density at radius 3 is 2.76 bits per heavy atom. The number of nitrogens with one attached hydrogen (secondary N) is 2. The van der Waals surface area contributed by atoms with Crippen LogP contribution in [0, 0.1) is 0 Å². The molecule has 0 unspecified atom stereocenters. The van der Waals surface area contributed by atoms with E-state index >= 15 is 0 Å². The molecular weight excluding hydrogens is 442 g/mol. The predicted octanol–water partition coefficient (Wildman–Crippen LogP) is 3.79. The molecule has 1 aliphatic rings. The molecular formula is C23H29N5O4S. The number of sulfonamides is 1. The van der Waals surface area contributed by atoms with Gasteiger partial charge in [-0.1, -0.05) is 6.07 Å². The van der Waals surface area contributed by atoms with Crippen molar-refractivity contribution in [2.45, 2.75) is 62.6 Å². The minimum absolute atomic E-state index is 0.117. The number of H-pyrrole nitrogens is 1. The fourth-order valence-electron chi connectivity index (χ4n) is 4.23. The summed E-state index contributed by atoms with van der Waals surface area (Å²) >= 11 is 0. The lowest BCUT2D eigenvalue weighted by atomic mass is 10.2. The smallest absolute Gasteiger partial charge is 0.407 e. The maximum absolute atomic E-state index is 13.9. The monoisotopic (exact) mass is 471 g/mol. The molecule has 0 aliphatic heterocycles. The van der Waals surface area contributed by atoms with Crippen LogP contribution in [0.15, 0.2) is 53.7 Å². The molecule has 33 heavy (non-hydrogen) atoms. The SMILES string of the molecule is CC(C)(C)OC(=O)N[C@@H]1CC[C@@H](N(c2ccnc3[nH]ccc23)S(=O)(=O)c2cccc(N)c2)C1. The van der Waals surface area contributed by atoms with Crippen molar-refractivity contribution in [3.63, 3.8) is 0 Å². The highest BCUT2D eigenvalue weighted by Gasteiger charge is 2.38. The first kappa shape index (κ1) is 22.9. The predicted molar refractivity (Wildman–Crippen MR) is 127 cm³/mol. The Morgan fingerprint density at radius 2 is 2.03 bits per heavy atom. The number of benzene rings is 1. The largest absolute Gasteiger partial charge is 0.444 e. The summed E-state index contributed by atoms with van der Waals surface area (Å²) in [5.74, 6) is 0. The molecule has 10 heteroatoms. The number of hydrogen-bond donors (Lipinski definition) is 3. The van der Waals surface area contributed by atoms with Gasteiger partial charge in [-0.2, -0.15) is 0 Å². The number of nitrogens with zero attached hydrogens (tertiary/aromatic N) is 2. The lowest BCUT2D eigenvalue weighted by Gasteiger charge is -2.31. The summed E-state index contributed by atoms with van der Waals surface area (Å²) in [6.07, 6.45) is 4.48. The molecule has 1 fully saturated rings. The van der Waals surface area contributed by atoms with Crippen LogP contribution in [-0.4, -0.2) is 42.2 Å². The number of pyridine rings is 1. The van der Waals surface area contributed by atoms with E-state index in [-0.39, 0.29) is 17.0 Å². The van der Waals surface area contributed by atoms with Crippen molar-refractivity contribution in [1.29, 1.82) is 0 Å². The number of carbonyl (C=O) groups excluding carboxylic acids is 1. The van der Waals surface area contributed by atoms with Crippen molar-refractivity contribution in [2.75, 3.05) is 10.0 Å². The van der Waals surface area contributed by atoms with Crippen LogP contribution in [0.2, 0.25) is 0 Å². The third-order valence-electron chi connectivity index (χ3n) is 5.55. The lowest BCUT2D eigenvalue weighted by Crippen LogP contribution is -2.42. The van der Waals surface area contributed by atoms with Gasteiger partial charge in [0, 0.05) is 35.6 Å². The van der Waals surface area contributed by atoms with Gasteiger partial charge in [0.25, 0.3) is 10.0 Å². The highest BCUT2D eigenvalue weighted by molar-refractivity contribution is 7.92. The van der Waals surface area contributed by atoms with E-state index in [1.165, 1.54) is 10.4 Å². The minimum atomic E-state index is -3.94. The molecule has 1 aliphatic carbocycles. The Labute approximate surface area is 193 Å². The van der Waals surface area contributed by atoms with Crippen LogP contribution < -0.4 is 15.4 Å². The van der Waals surface area contributed by atoms with E-state index in [0.29, 0.717) is 41.7 Å². The number of nitrogens with two attached hydrogens (primary N) is 1. The second kappa shape index (κ2) is 8.58. The van der Waals surface area contributed by atoms with Crippen molar-refractivity contribution in [3.05, 3.63) is 48.8 Å². The van der Waals surface area contributed by atoms with Gasteiger partial charge in [-0.25, -0.2) is 18.2 Å². The molecule has 0 bridgehead atoms. The Morgan fingerprint density at radius 1 is 1.24 bits per heavy atom. The number of aromatic nitrogens is 2. The highest BCUT2D eigenvalue weighted by atomic mass is 32.2. The number of rotatable bonds is 5. The van der Waals surface area contributed by atoms with Gasteiger partial charge in [0.2, 0.25) is 0 Å². The van der Waals surface area contributed by atoms with Gasteiger partial charge in [-0.3, -0.25) is 4.31 Å². The maximum Gasteiger partial charge on any atom is 0.407 e. The molecule has 2 heterocycles. The van der Waals surface area contributed by atoms with Crippen LogP contribution in [0.1, 0.15) is 40.0 Å². The Bertz CT molecular complexity index is 1270. The van der Waals surface area contributed by atoms with Gasteiger partial charge in [0.15, 0.2) is 0 Å². The van der Waals surface area contributed by atoms with E-state index in [2.05, 4.69) is 15.3 Å². The number of aromatic amines is 1. The first-order valence-corrected chi connectivity index (χ1v) is 12.3. The van der Waals surface area contributed by atoms with Crippen molar-refractivity contribution < 1.29 is 17.9 Å². The van der Waals surface area contributed by atoms with E-state index in [0.717, 1.165) is 0 Å². The molecule has 176 valence electrons. The summed E-state index contributed by atoms with van der Waals surface area (Å²) in [4.78, 5) is 19.7. The number of carbonyl (C=O) groups is 1. The highest BCUT2D eigenvalue weighted by Crippen LogP contribution is 2.37. The van der Waals surface area contributed by atoms with Gasteiger partial charge < -0.3 is 20.8 Å². The number of anilines is 2. The number of ether oxygens (including phenoxy) is 1. The standard InChI is InChI=1S/C23H29N5O4S/c1-23(2,3)32-22(29)27-16-7-8-17(14-16)28(20-10-12-26-21-19(20)9-11-25-21)33(30,31)18-6-4-5-15(24)13-18/h4-6,9-13,16-17H,7-8,14,24H2,1-3H3,(H,25,26)(H,27,29)/t16-,17-/m1/s1. The lowest BCUT2D eigenvalue weighted by molar-refractivity contribution is 0.0505. The summed E-state index contributed by atoms with van der Waals surface area (Å²) in [5.41, 5.74) is 6.78. The average molecular weight is 472 g/mol.